The second-order valence-electron chi connectivity index (χ2n) is 3.92. The second-order valence-corrected chi connectivity index (χ2v) is 6.17. The van der Waals surface area contributed by atoms with E-state index >= 15 is 0 Å². The number of hydrogen-bond acceptors (Lipinski definition) is 3. The number of carbonyl (C=O) groups excluding carboxylic acids is 1. The van der Waals surface area contributed by atoms with E-state index in [4.69, 9.17) is 0 Å². The maximum absolute atomic E-state index is 11.6. The van der Waals surface area contributed by atoms with Gasteiger partial charge in [0.05, 0.1) is 6.54 Å². The third kappa shape index (κ3) is 4.46. The second kappa shape index (κ2) is 6.17. The summed E-state index contributed by atoms with van der Waals surface area (Å²) in [6.45, 7) is 3.66. The van der Waals surface area contributed by atoms with Gasteiger partial charge in [0.25, 0.3) is 10.2 Å². The Morgan fingerprint density at radius 2 is 1.81 bits per heavy atom. The molecule has 0 aliphatic heterocycles. The maximum atomic E-state index is 11.6. The van der Waals surface area contributed by atoms with E-state index in [0.29, 0.717) is 0 Å². The summed E-state index contributed by atoms with van der Waals surface area (Å²) in [4.78, 5) is 11.5. The molecule has 0 spiro atoms. The summed E-state index contributed by atoms with van der Waals surface area (Å²) in [7, 11) is 0.730. The van der Waals surface area contributed by atoms with Crippen molar-refractivity contribution in [2.75, 3.05) is 27.7 Å². The Morgan fingerprint density at radius 1 is 1.31 bits per heavy atom. The van der Waals surface area contributed by atoms with Crippen molar-refractivity contribution in [3.8, 4) is 0 Å². The summed E-state index contributed by atoms with van der Waals surface area (Å²) < 4.78 is 25.3. The van der Waals surface area contributed by atoms with Gasteiger partial charge < -0.3 is 5.32 Å². The smallest absolute Gasteiger partial charge is 0.281 e. The molecule has 0 aromatic carbocycles. The van der Waals surface area contributed by atoms with E-state index in [1.165, 1.54) is 21.1 Å². The molecule has 0 aromatic heterocycles. The number of rotatable bonds is 6. The quantitative estimate of drug-likeness (QED) is 0.701. The standard InChI is InChI=1S/C9H21N3O3S/c1-6-8(2)10-9(13)7-12(5)16(14,15)11(3)4/h8H,6-7H2,1-5H3,(H,10,13). The van der Waals surface area contributed by atoms with Gasteiger partial charge in [-0.3, -0.25) is 4.79 Å². The molecule has 0 saturated carbocycles. The van der Waals surface area contributed by atoms with Crippen LogP contribution in [0.5, 0.6) is 0 Å². The van der Waals surface area contributed by atoms with Gasteiger partial charge in [0.15, 0.2) is 0 Å². The van der Waals surface area contributed by atoms with Crippen molar-refractivity contribution in [3.05, 3.63) is 0 Å². The summed E-state index contributed by atoms with van der Waals surface area (Å²) in [5, 5.41) is 2.71. The Hall–Kier alpha value is -0.660. The highest BCUT2D eigenvalue weighted by Gasteiger charge is 2.22. The molecule has 0 saturated heterocycles. The minimum atomic E-state index is -3.51. The Balaban J connectivity index is 4.36. The Labute approximate surface area is 97.8 Å². The summed E-state index contributed by atoms with van der Waals surface area (Å²) in [6.07, 6.45) is 0.815. The topological polar surface area (TPSA) is 69.7 Å². The predicted octanol–water partition coefficient (Wildman–Crippen LogP) is -0.361. The van der Waals surface area contributed by atoms with Gasteiger partial charge in [0.2, 0.25) is 5.91 Å². The first kappa shape index (κ1) is 15.3. The Kier molecular flexibility index (Phi) is 5.91. The predicted molar refractivity (Wildman–Crippen MR) is 63.1 cm³/mol. The normalized spacial score (nSPS) is 14.2. The average Bonchev–Trinajstić information content (AvgIpc) is 2.16. The molecular weight excluding hydrogens is 230 g/mol. The molecule has 0 fully saturated rings. The molecule has 96 valence electrons. The number of likely N-dealkylation sites (N-methyl/N-ethyl adjacent to an activating group) is 1. The van der Waals surface area contributed by atoms with Gasteiger partial charge in [0.1, 0.15) is 0 Å². The van der Waals surface area contributed by atoms with Crippen LogP contribution in [-0.4, -0.2) is 56.7 Å². The zero-order valence-corrected chi connectivity index (χ0v) is 11.3. The number of carbonyl (C=O) groups is 1. The molecule has 0 aliphatic rings. The average molecular weight is 251 g/mol. The van der Waals surface area contributed by atoms with Crippen LogP contribution in [0.1, 0.15) is 20.3 Å². The third-order valence-electron chi connectivity index (χ3n) is 2.24. The van der Waals surface area contributed by atoms with Crippen LogP contribution < -0.4 is 5.32 Å². The number of nitrogens with one attached hydrogen (secondary N) is 1. The van der Waals surface area contributed by atoms with Gasteiger partial charge in [-0.1, -0.05) is 6.92 Å². The van der Waals surface area contributed by atoms with Crippen molar-refractivity contribution in [3.63, 3.8) is 0 Å². The molecule has 0 rings (SSSR count). The van der Waals surface area contributed by atoms with Crippen LogP contribution in [-0.2, 0) is 15.0 Å². The monoisotopic (exact) mass is 251 g/mol. The highest BCUT2D eigenvalue weighted by Crippen LogP contribution is 2.00. The van der Waals surface area contributed by atoms with Crippen molar-refractivity contribution in [2.45, 2.75) is 26.3 Å². The number of hydrogen-bond donors (Lipinski definition) is 1. The fraction of sp³-hybridized carbons (Fsp3) is 0.889. The summed E-state index contributed by atoms with van der Waals surface area (Å²) in [5.74, 6) is -0.290. The van der Waals surface area contributed by atoms with E-state index < -0.39 is 10.2 Å². The van der Waals surface area contributed by atoms with Gasteiger partial charge in [-0.15, -0.1) is 0 Å². The Bertz CT molecular complexity index is 327. The van der Waals surface area contributed by atoms with Crippen LogP contribution in [0.3, 0.4) is 0 Å². The maximum Gasteiger partial charge on any atom is 0.281 e. The molecule has 6 nitrogen and oxygen atoms in total. The van der Waals surface area contributed by atoms with Gasteiger partial charge >= 0.3 is 0 Å². The van der Waals surface area contributed by atoms with E-state index in [1.807, 2.05) is 13.8 Å². The molecule has 0 bridgehead atoms. The van der Waals surface area contributed by atoms with Crippen LogP contribution in [0.4, 0.5) is 0 Å². The number of nitrogens with zero attached hydrogens (tertiary/aromatic N) is 2. The van der Waals surface area contributed by atoms with Crippen LogP contribution in [0.25, 0.3) is 0 Å². The lowest BCUT2D eigenvalue weighted by Crippen LogP contribution is -2.45. The van der Waals surface area contributed by atoms with Gasteiger partial charge in [-0.05, 0) is 13.3 Å². The largest absolute Gasteiger partial charge is 0.353 e. The molecule has 1 amide bonds. The first-order valence-corrected chi connectivity index (χ1v) is 6.54. The lowest BCUT2D eigenvalue weighted by Gasteiger charge is -2.21. The molecule has 7 heteroatoms. The van der Waals surface area contributed by atoms with Crippen LogP contribution in [0, 0.1) is 0 Å². The molecule has 1 N–H and O–H groups in total. The molecule has 0 aromatic rings. The fourth-order valence-corrected chi connectivity index (χ4v) is 1.82. The SMILES string of the molecule is CCC(C)NC(=O)CN(C)S(=O)(=O)N(C)C. The molecule has 0 heterocycles. The lowest BCUT2D eigenvalue weighted by molar-refractivity contribution is -0.121. The zero-order chi connectivity index (χ0) is 12.9. The van der Waals surface area contributed by atoms with Gasteiger partial charge in [-0.25, -0.2) is 0 Å². The molecule has 1 unspecified atom stereocenters. The first-order chi connectivity index (χ1) is 7.21. The van der Waals surface area contributed by atoms with Crippen LogP contribution in [0.2, 0.25) is 0 Å². The van der Waals surface area contributed by atoms with Crippen molar-refractivity contribution >= 4 is 16.1 Å². The molecule has 0 aliphatic carbocycles. The van der Waals surface area contributed by atoms with Gasteiger partial charge in [-0.2, -0.15) is 17.0 Å². The minimum absolute atomic E-state index is 0.0583. The molecule has 16 heavy (non-hydrogen) atoms. The van der Waals surface area contributed by atoms with E-state index in [-0.39, 0.29) is 18.5 Å². The highest BCUT2D eigenvalue weighted by molar-refractivity contribution is 7.86. The zero-order valence-electron chi connectivity index (χ0n) is 10.5. The third-order valence-corrected chi connectivity index (χ3v) is 4.08. The molecule has 0 radical (unpaired) electrons. The first-order valence-electron chi connectivity index (χ1n) is 5.15. The fourth-order valence-electron chi connectivity index (χ4n) is 0.985. The molecule has 1 atom stereocenters. The van der Waals surface area contributed by atoms with Crippen LogP contribution in [0.15, 0.2) is 0 Å². The molecular formula is C9H21N3O3S. The highest BCUT2D eigenvalue weighted by atomic mass is 32.2. The van der Waals surface area contributed by atoms with E-state index in [0.717, 1.165) is 15.0 Å². The summed E-state index contributed by atoms with van der Waals surface area (Å²) in [5.41, 5.74) is 0. The van der Waals surface area contributed by atoms with Crippen molar-refractivity contribution in [1.82, 2.24) is 13.9 Å². The van der Waals surface area contributed by atoms with E-state index in [9.17, 15) is 13.2 Å². The summed E-state index contributed by atoms with van der Waals surface area (Å²) >= 11 is 0. The Morgan fingerprint density at radius 3 is 2.19 bits per heavy atom. The summed E-state index contributed by atoms with van der Waals surface area (Å²) in [6, 6.07) is 0.0583. The van der Waals surface area contributed by atoms with Crippen LogP contribution >= 0.6 is 0 Å². The van der Waals surface area contributed by atoms with Crippen molar-refractivity contribution in [1.29, 1.82) is 0 Å². The van der Waals surface area contributed by atoms with Gasteiger partial charge in [0, 0.05) is 27.2 Å². The van der Waals surface area contributed by atoms with E-state index in [2.05, 4.69) is 5.32 Å². The lowest BCUT2D eigenvalue weighted by atomic mass is 10.2. The van der Waals surface area contributed by atoms with Crippen molar-refractivity contribution < 1.29 is 13.2 Å². The van der Waals surface area contributed by atoms with E-state index in [1.54, 1.807) is 0 Å². The van der Waals surface area contributed by atoms with Crippen molar-refractivity contribution in [2.24, 2.45) is 0 Å². The number of amides is 1. The minimum Gasteiger partial charge on any atom is -0.353 e.